The molecule has 1 aromatic heterocycles. The van der Waals surface area contributed by atoms with Crippen molar-refractivity contribution in [2.45, 2.75) is 24.7 Å². The fourth-order valence-electron chi connectivity index (χ4n) is 3.55. The molecule has 0 radical (unpaired) electrons. The standard InChI is InChI=1S/C18H18BrF3N4O2/c19-14-15(17(27)25-6-8-28-9-7-25)24-26-13(18(20,21)22)10-12(23-16(14)26)11-4-2-1-3-5-11/h1-5,12-13,23H,6-10H2/t12-,13+/m0/s1. The SMILES string of the molecule is O=C(c1nn2c(c1Br)N[C@H](c1ccccc1)C[C@@H]2C(F)(F)F)N1CCOCC1. The second kappa shape index (κ2) is 7.40. The molecule has 0 bridgehead atoms. The number of carbonyl (C=O) groups excluding carboxylic acids is 1. The van der Waals surface area contributed by atoms with Crippen LogP contribution in [0.5, 0.6) is 0 Å². The first kappa shape index (κ1) is 19.3. The van der Waals surface area contributed by atoms with Crippen molar-refractivity contribution in [2.24, 2.45) is 0 Å². The van der Waals surface area contributed by atoms with E-state index in [2.05, 4.69) is 26.3 Å². The molecule has 150 valence electrons. The average Bonchev–Trinajstić information content (AvgIpc) is 3.04. The minimum Gasteiger partial charge on any atom is -0.378 e. The summed E-state index contributed by atoms with van der Waals surface area (Å²) < 4.78 is 47.7. The zero-order chi connectivity index (χ0) is 19.9. The first-order valence-corrected chi connectivity index (χ1v) is 9.69. The number of rotatable bonds is 2. The highest BCUT2D eigenvalue weighted by Crippen LogP contribution is 2.46. The summed E-state index contributed by atoms with van der Waals surface area (Å²) in [7, 11) is 0. The summed E-state index contributed by atoms with van der Waals surface area (Å²) in [6.45, 7) is 1.57. The molecule has 3 heterocycles. The number of nitrogens with zero attached hydrogens (tertiary/aromatic N) is 3. The second-order valence-electron chi connectivity index (χ2n) is 6.76. The van der Waals surface area contributed by atoms with Crippen molar-refractivity contribution in [2.75, 3.05) is 31.6 Å². The van der Waals surface area contributed by atoms with Gasteiger partial charge < -0.3 is 15.0 Å². The number of aromatic nitrogens is 2. The van der Waals surface area contributed by atoms with Gasteiger partial charge >= 0.3 is 6.18 Å². The van der Waals surface area contributed by atoms with Gasteiger partial charge in [0, 0.05) is 19.5 Å². The Balaban J connectivity index is 1.72. The van der Waals surface area contributed by atoms with Crippen molar-refractivity contribution in [3.63, 3.8) is 0 Å². The highest BCUT2D eigenvalue weighted by atomic mass is 79.9. The maximum absolute atomic E-state index is 13.8. The summed E-state index contributed by atoms with van der Waals surface area (Å²) in [5.74, 6) is -0.241. The molecule has 0 spiro atoms. The van der Waals surface area contributed by atoms with E-state index < -0.39 is 24.2 Å². The van der Waals surface area contributed by atoms with Crippen molar-refractivity contribution in [1.29, 1.82) is 0 Å². The van der Waals surface area contributed by atoms with Gasteiger partial charge in [0.1, 0.15) is 5.82 Å². The highest BCUT2D eigenvalue weighted by molar-refractivity contribution is 9.10. The van der Waals surface area contributed by atoms with E-state index in [1.165, 1.54) is 0 Å². The van der Waals surface area contributed by atoms with Crippen LogP contribution >= 0.6 is 15.9 Å². The molecule has 28 heavy (non-hydrogen) atoms. The lowest BCUT2D eigenvalue weighted by molar-refractivity contribution is -0.173. The number of alkyl halides is 3. The molecule has 1 saturated heterocycles. The summed E-state index contributed by atoms with van der Waals surface area (Å²) in [5.41, 5.74) is 0.726. The maximum atomic E-state index is 13.8. The number of fused-ring (bicyclic) bond motifs is 1. The van der Waals surface area contributed by atoms with Gasteiger partial charge in [-0.2, -0.15) is 18.3 Å². The Bertz CT molecular complexity index is 866. The molecule has 0 unspecified atom stereocenters. The van der Waals surface area contributed by atoms with Crippen LogP contribution in [-0.4, -0.2) is 53.1 Å². The monoisotopic (exact) mass is 458 g/mol. The normalized spacial score (nSPS) is 22.5. The third-order valence-corrected chi connectivity index (χ3v) is 5.75. The summed E-state index contributed by atoms with van der Waals surface area (Å²) in [6, 6.07) is 6.58. The van der Waals surface area contributed by atoms with E-state index in [1.54, 1.807) is 29.2 Å². The Morgan fingerprint density at radius 2 is 1.89 bits per heavy atom. The molecule has 1 fully saturated rings. The van der Waals surface area contributed by atoms with E-state index in [9.17, 15) is 18.0 Å². The molecular formula is C18H18BrF3N4O2. The van der Waals surface area contributed by atoms with Gasteiger partial charge in [0.25, 0.3) is 5.91 Å². The van der Waals surface area contributed by atoms with Gasteiger partial charge in [-0.1, -0.05) is 30.3 Å². The van der Waals surface area contributed by atoms with Crippen LogP contribution in [0, 0.1) is 0 Å². The zero-order valence-electron chi connectivity index (χ0n) is 14.7. The van der Waals surface area contributed by atoms with Crippen LogP contribution < -0.4 is 5.32 Å². The Kier molecular flexibility index (Phi) is 5.09. The molecule has 0 saturated carbocycles. The summed E-state index contributed by atoms with van der Waals surface area (Å²) in [6.07, 6.45) is -4.70. The van der Waals surface area contributed by atoms with Crippen molar-refractivity contribution < 1.29 is 22.7 Å². The summed E-state index contributed by atoms with van der Waals surface area (Å²) in [4.78, 5) is 14.3. The number of benzene rings is 1. The molecule has 0 aliphatic carbocycles. The van der Waals surface area contributed by atoms with Crippen LogP contribution in [0.2, 0.25) is 0 Å². The molecule has 2 atom stereocenters. The fourth-order valence-corrected chi connectivity index (χ4v) is 4.09. The molecule has 2 aliphatic heterocycles. The van der Waals surface area contributed by atoms with E-state index in [0.717, 1.165) is 10.2 Å². The molecule has 4 rings (SSSR count). The lowest BCUT2D eigenvalue weighted by atomic mass is 9.97. The number of amides is 1. The number of halogens is 4. The predicted molar refractivity (Wildman–Crippen MR) is 99.2 cm³/mol. The van der Waals surface area contributed by atoms with Crippen molar-refractivity contribution in [1.82, 2.24) is 14.7 Å². The van der Waals surface area contributed by atoms with Gasteiger partial charge in [-0.25, -0.2) is 4.68 Å². The van der Waals surface area contributed by atoms with Gasteiger partial charge in [-0.05, 0) is 21.5 Å². The van der Waals surface area contributed by atoms with Crippen molar-refractivity contribution >= 4 is 27.7 Å². The summed E-state index contributed by atoms with van der Waals surface area (Å²) in [5, 5.41) is 7.18. The van der Waals surface area contributed by atoms with Crippen LogP contribution in [0.15, 0.2) is 34.8 Å². The van der Waals surface area contributed by atoms with Crippen molar-refractivity contribution in [3.05, 3.63) is 46.1 Å². The highest BCUT2D eigenvalue weighted by Gasteiger charge is 2.48. The number of anilines is 1. The van der Waals surface area contributed by atoms with Gasteiger partial charge in [-0.15, -0.1) is 0 Å². The Morgan fingerprint density at radius 3 is 2.54 bits per heavy atom. The smallest absolute Gasteiger partial charge is 0.378 e. The van der Waals surface area contributed by atoms with Crippen LogP contribution in [0.25, 0.3) is 0 Å². The number of carbonyl (C=O) groups is 1. The molecule has 1 aromatic carbocycles. The third-order valence-electron chi connectivity index (χ3n) is 5.00. The predicted octanol–water partition coefficient (Wildman–Crippen LogP) is 3.78. The lowest BCUT2D eigenvalue weighted by Crippen LogP contribution is -2.41. The third kappa shape index (κ3) is 3.50. The molecule has 2 aromatic rings. The van der Waals surface area contributed by atoms with Crippen LogP contribution in [0.4, 0.5) is 19.0 Å². The van der Waals surface area contributed by atoms with Crippen molar-refractivity contribution in [3.8, 4) is 0 Å². The van der Waals surface area contributed by atoms with Gasteiger partial charge in [0.2, 0.25) is 0 Å². The number of ether oxygens (including phenoxy) is 1. The minimum absolute atomic E-state index is 0.0210. The largest absolute Gasteiger partial charge is 0.410 e. The van der Waals surface area contributed by atoms with Crippen LogP contribution in [0.3, 0.4) is 0 Å². The van der Waals surface area contributed by atoms with Crippen LogP contribution in [-0.2, 0) is 4.74 Å². The molecular weight excluding hydrogens is 441 g/mol. The number of hydrogen-bond acceptors (Lipinski definition) is 4. The first-order valence-electron chi connectivity index (χ1n) is 8.89. The molecule has 1 amide bonds. The van der Waals surface area contributed by atoms with E-state index in [-0.39, 0.29) is 22.4 Å². The Labute approximate surface area is 167 Å². The van der Waals surface area contributed by atoms with E-state index in [1.807, 2.05) is 6.07 Å². The topological polar surface area (TPSA) is 59.4 Å². The fraction of sp³-hybridized carbons (Fsp3) is 0.444. The van der Waals surface area contributed by atoms with Gasteiger partial charge in [0.15, 0.2) is 11.7 Å². The quantitative estimate of drug-likeness (QED) is 0.743. The Hall–Kier alpha value is -2.07. The molecule has 10 heteroatoms. The first-order chi connectivity index (χ1) is 13.4. The molecule has 1 N–H and O–H groups in total. The zero-order valence-corrected chi connectivity index (χ0v) is 16.3. The van der Waals surface area contributed by atoms with E-state index in [0.29, 0.717) is 26.3 Å². The molecule has 2 aliphatic rings. The number of nitrogens with one attached hydrogen (secondary N) is 1. The molecule has 6 nitrogen and oxygen atoms in total. The van der Waals surface area contributed by atoms with Crippen LogP contribution in [0.1, 0.15) is 34.6 Å². The summed E-state index contributed by atoms with van der Waals surface area (Å²) >= 11 is 3.31. The van der Waals surface area contributed by atoms with Gasteiger partial charge in [0.05, 0.1) is 23.7 Å². The maximum Gasteiger partial charge on any atom is 0.410 e. The Morgan fingerprint density at radius 1 is 1.21 bits per heavy atom. The minimum atomic E-state index is -4.49. The number of morpholine rings is 1. The van der Waals surface area contributed by atoms with Gasteiger partial charge in [-0.3, -0.25) is 4.79 Å². The van der Waals surface area contributed by atoms with E-state index in [4.69, 9.17) is 4.74 Å². The van der Waals surface area contributed by atoms with E-state index >= 15 is 0 Å². The number of hydrogen-bond donors (Lipinski definition) is 1. The second-order valence-corrected chi connectivity index (χ2v) is 7.55. The average molecular weight is 459 g/mol. The lowest BCUT2D eigenvalue weighted by Gasteiger charge is -2.33.